The fourth-order valence-corrected chi connectivity index (χ4v) is 6.14. The number of hydrogen-bond acceptors (Lipinski definition) is 8. The Kier molecular flexibility index (Phi) is 12.9. The summed E-state index contributed by atoms with van der Waals surface area (Å²) in [7, 11) is 0. The number of cyclic esters (lactones) is 1. The van der Waals surface area contributed by atoms with Crippen molar-refractivity contribution in [2.24, 2.45) is 5.92 Å². The van der Waals surface area contributed by atoms with Crippen LogP contribution >= 0.6 is 0 Å². The molecule has 5 rings (SSSR count). The first kappa shape index (κ1) is 35.3. The summed E-state index contributed by atoms with van der Waals surface area (Å²) >= 11 is 0. The summed E-state index contributed by atoms with van der Waals surface area (Å²) in [5, 5.41) is 17.1. The third-order valence-corrected chi connectivity index (χ3v) is 8.63. The van der Waals surface area contributed by atoms with E-state index in [-0.39, 0.29) is 70.1 Å². The third kappa shape index (κ3) is 9.77. The lowest BCUT2D eigenvalue weighted by Crippen LogP contribution is -2.44. The Bertz CT molecular complexity index is 1570. The van der Waals surface area contributed by atoms with Crippen molar-refractivity contribution in [2.45, 2.75) is 43.7 Å². The molecule has 0 spiro atoms. The van der Waals surface area contributed by atoms with Gasteiger partial charge in [-0.3, -0.25) is 9.59 Å². The van der Waals surface area contributed by atoms with E-state index in [0.717, 1.165) is 22.3 Å². The van der Waals surface area contributed by atoms with Crippen molar-refractivity contribution in [3.63, 3.8) is 0 Å². The van der Waals surface area contributed by atoms with Crippen LogP contribution in [0.5, 0.6) is 0 Å². The molecule has 3 unspecified atom stereocenters. The van der Waals surface area contributed by atoms with Gasteiger partial charge in [-0.15, -0.1) is 0 Å². The van der Waals surface area contributed by atoms with E-state index in [9.17, 15) is 19.2 Å². The maximum Gasteiger partial charge on any atom is 0.407 e. The molecule has 3 amide bonds. The number of amides is 3. The number of aliphatic hydroxyl groups is 1. The van der Waals surface area contributed by atoms with E-state index in [1.807, 2.05) is 54.6 Å². The van der Waals surface area contributed by atoms with Crippen LogP contribution in [0.25, 0.3) is 11.1 Å². The standard InChI is InChI=1S/C38H43N3O8/c42-20-22-47-21-19-39-35(43)23-27-13-5-2-6-18-33(37(45)49-34(24-40-36(27)44)26-11-3-1-4-12-26)41-38(46)48-25-32-30-16-9-7-14-28(30)29-15-8-10-17-31(29)32/h1-5,7-12,14-17,27,32-34,42H,6,13,18-25H2,(H,39,43)(H,40,44)(H,41,46). The number of ether oxygens (including phenoxy) is 3. The lowest BCUT2D eigenvalue weighted by Gasteiger charge is -2.24. The Morgan fingerprint density at radius 1 is 0.898 bits per heavy atom. The smallest absolute Gasteiger partial charge is 0.407 e. The van der Waals surface area contributed by atoms with Crippen LogP contribution in [0.4, 0.5) is 4.79 Å². The van der Waals surface area contributed by atoms with Gasteiger partial charge in [0.05, 0.1) is 32.3 Å². The minimum absolute atomic E-state index is 0.0247. The summed E-state index contributed by atoms with van der Waals surface area (Å²) in [6, 6.07) is 24.1. The molecule has 2 aliphatic rings. The minimum atomic E-state index is -1.00. The molecular formula is C38H43N3O8. The summed E-state index contributed by atoms with van der Waals surface area (Å²) in [5.41, 5.74) is 5.06. The third-order valence-electron chi connectivity index (χ3n) is 8.63. The predicted octanol–water partition coefficient (Wildman–Crippen LogP) is 4.17. The number of benzene rings is 3. The molecule has 1 aliphatic carbocycles. The second kappa shape index (κ2) is 18.0. The molecule has 3 aromatic rings. The van der Waals surface area contributed by atoms with Crippen molar-refractivity contribution in [1.82, 2.24) is 16.0 Å². The number of allylic oxidation sites excluding steroid dienone is 2. The SMILES string of the molecule is O=C(CC1CC=CCCC(NC(=O)OCC2c3ccccc3-c3ccccc32)C(=O)OC(c2ccccc2)CNC1=O)NCCOCCO. The second-order valence-corrected chi connectivity index (χ2v) is 12.0. The van der Waals surface area contributed by atoms with Gasteiger partial charge in [0.15, 0.2) is 0 Å². The molecule has 0 radical (unpaired) electrons. The van der Waals surface area contributed by atoms with Crippen molar-refractivity contribution in [2.75, 3.05) is 39.5 Å². The van der Waals surface area contributed by atoms with E-state index >= 15 is 0 Å². The zero-order valence-corrected chi connectivity index (χ0v) is 27.3. The predicted molar refractivity (Wildman–Crippen MR) is 182 cm³/mol. The zero-order valence-electron chi connectivity index (χ0n) is 27.3. The highest BCUT2D eigenvalue weighted by molar-refractivity contribution is 5.86. The van der Waals surface area contributed by atoms with Crippen LogP contribution in [0.3, 0.4) is 0 Å². The minimum Gasteiger partial charge on any atom is -0.454 e. The van der Waals surface area contributed by atoms with Gasteiger partial charge in [0.25, 0.3) is 0 Å². The van der Waals surface area contributed by atoms with Gasteiger partial charge >= 0.3 is 12.1 Å². The summed E-state index contributed by atoms with van der Waals surface area (Å²) in [4.78, 5) is 52.6. The molecule has 0 bridgehead atoms. The van der Waals surface area contributed by atoms with Crippen LogP contribution in [0.1, 0.15) is 54.4 Å². The topological polar surface area (TPSA) is 152 Å². The van der Waals surface area contributed by atoms with Crippen LogP contribution in [0.15, 0.2) is 91.0 Å². The average Bonchev–Trinajstić information content (AvgIpc) is 3.44. The van der Waals surface area contributed by atoms with Crippen LogP contribution in [0.2, 0.25) is 0 Å². The number of nitrogens with one attached hydrogen (secondary N) is 3. The monoisotopic (exact) mass is 669 g/mol. The largest absolute Gasteiger partial charge is 0.454 e. The molecule has 0 saturated heterocycles. The van der Waals surface area contributed by atoms with Gasteiger partial charge in [-0.25, -0.2) is 9.59 Å². The Morgan fingerprint density at radius 2 is 1.59 bits per heavy atom. The van der Waals surface area contributed by atoms with Gasteiger partial charge < -0.3 is 35.3 Å². The number of alkyl carbamates (subject to hydrolysis) is 1. The first-order chi connectivity index (χ1) is 23.9. The molecule has 1 aliphatic heterocycles. The summed E-state index contributed by atoms with van der Waals surface area (Å²) in [6.45, 7) is 0.661. The molecule has 4 N–H and O–H groups in total. The van der Waals surface area contributed by atoms with Gasteiger partial charge in [0, 0.05) is 18.9 Å². The van der Waals surface area contributed by atoms with E-state index < -0.39 is 30.1 Å². The van der Waals surface area contributed by atoms with E-state index in [4.69, 9.17) is 19.3 Å². The molecule has 1 heterocycles. The van der Waals surface area contributed by atoms with Gasteiger partial charge in [-0.1, -0.05) is 91.0 Å². The van der Waals surface area contributed by atoms with Gasteiger partial charge in [-0.2, -0.15) is 0 Å². The highest BCUT2D eigenvalue weighted by atomic mass is 16.6. The van der Waals surface area contributed by atoms with Crippen LogP contribution in [-0.4, -0.2) is 74.5 Å². The fraction of sp³-hybridized carbons (Fsp3) is 0.368. The number of rotatable bonds is 11. The van der Waals surface area contributed by atoms with Crippen molar-refractivity contribution < 1.29 is 38.5 Å². The number of fused-ring (bicyclic) bond motifs is 3. The normalized spacial score (nSPS) is 19.6. The number of carbonyl (C=O) groups excluding carboxylic acids is 4. The van der Waals surface area contributed by atoms with Crippen molar-refractivity contribution in [3.8, 4) is 11.1 Å². The van der Waals surface area contributed by atoms with E-state index in [0.29, 0.717) is 18.4 Å². The summed E-state index contributed by atoms with van der Waals surface area (Å²) < 4.78 is 16.8. The van der Waals surface area contributed by atoms with Gasteiger partial charge in [-0.05, 0) is 47.1 Å². The van der Waals surface area contributed by atoms with Gasteiger partial charge in [0.1, 0.15) is 18.8 Å². The van der Waals surface area contributed by atoms with Crippen molar-refractivity contribution in [3.05, 3.63) is 108 Å². The molecule has 0 saturated carbocycles. The second-order valence-electron chi connectivity index (χ2n) is 12.0. The van der Waals surface area contributed by atoms with E-state index in [1.165, 1.54) is 0 Å². The molecule has 11 nitrogen and oxygen atoms in total. The Morgan fingerprint density at radius 3 is 2.31 bits per heavy atom. The maximum absolute atomic E-state index is 13.6. The Balaban J connectivity index is 1.25. The summed E-state index contributed by atoms with van der Waals surface area (Å²) in [5.74, 6) is -2.08. The lowest BCUT2D eigenvalue weighted by atomic mass is 9.98. The Hall–Kier alpha value is -5.00. The quantitative estimate of drug-likeness (QED) is 0.135. The first-order valence-corrected chi connectivity index (χ1v) is 16.7. The fourth-order valence-electron chi connectivity index (χ4n) is 6.14. The number of carbonyl (C=O) groups is 4. The number of hydrogen-bond donors (Lipinski definition) is 4. The van der Waals surface area contributed by atoms with E-state index in [1.54, 1.807) is 24.3 Å². The Labute approximate surface area is 286 Å². The molecular weight excluding hydrogens is 626 g/mol. The molecule has 3 atom stereocenters. The lowest BCUT2D eigenvalue weighted by molar-refractivity contribution is -0.152. The number of aliphatic hydroxyl groups excluding tert-OH is 1. The van der Waals surface area contributed by atoms with Crippen LogP contribution < -0.4 is 16.0 Å². The average molecular weight is 670 g/mol. The molecule has 49 heavy (non-hydrogen) atoms. The van der Waals surface area contributed by atoms with Crippen molar-refractivity contribution >= 4 is 23.9 Å². The molecule has 3 aromatic carbocycles. The highest BCUT2D eigenvalue weighted by Crippen LogP contribution is 2.44. The molecule has 258 valence electrons. The molecule has 11 heteroatoms. The molecule has 0 aromatic heterocycles. The zero-order chi connectivity index (χ0) is 34.4. The van der Waals surface area contributed by atoms with Gasteiger partial charge in [0.2, 0.25) is 11.8 Å². The first-order valence-electron chi connectivity index (χ1n) is 16.7. The summed E-state index contributed by atoms with van der Waals surface area (Å²) in [6.07, 6.45) is 2.97. The number of esters is 1. The van der Waals surface area contributed by atoms with Crippen molar-refractivity contribution in [1.29, 1.82) is 0 Å². The van der Waals surface area contributed by atoms with E-state index in [2.05, 4.69) is 28.1 Å². The highest BCUT2D eigenvalue weighted by Gasteiger charge is 2.31. The van der Waals surface area contributed by atoms with Crippen LogP contribution in [0, 0.1) is 5.92 Å². The maximum atomic E-state index is 13.6. The molecule has 0 fully saturated rings. The van der Waals surface area contributed by atoms with Crippen LogP contribution in [-0.2, 0) is 28.6 Å².